The topological polar surface area (TPSA) is 72.5 Å². The van der Waals surface area contributed by atoms with E-state index in [9.17, 15) is 13.2 Å². The van der Waals surface area contributed by atoms with Gasteiger partial charge in [0.2, 0.25) is 0 Å². The van der Waals surface area contributed by atoms with E-state index >= 15 is 0 Å². The van der Waals surface area contributed by atoms with E-state index in [0.717, 1.165) is 0 Å². The molecular weight excluding hydrogens is 254 g/mol. The van der Waals surface area contributed by atoms with E-state index in [4.69, 9.17) is 4.74 Å². The third-order valence-corrected chi connectivity index (χ3v) is 4.60. The van der Waals surface area contributed by atoms with Gasteiger partial charge in [-0.05, 0) is 19.1 Å². The standard InChI is InChI=1S/C12H15NO4S/c1-12(9-18(15,16)8-7-17-12)11(14)13-10-5-3-2-4-6-10/h2-6H,7-9H2,1H3,(H,13,14). The van der Waals surface area contributed by atoms with Gasteiger partial charge in [-0.2, -0.15) is 0 Å². The largest absolute Gasteiger partial charge is 0.363 e. The zero-order valence-corrected chi connectivity index (χ0v) is 10.9. The molecular formula is C12H15NO4S. The molecule has 1 aliphatic rings. The quantitative estimate of drug-likeness (QED) is 0.863. The Balaban J connectivity index is 2.13. The number of nitrogens with one attached hydrogen (secondary N) is 1. The number of hydrogen-bond acceptors (Lipinski definition) is 4. The molecule has 18 heavy (non-hydrogen) atoms. The minimum Gasteiger partial charge on any atom is -0.363 e. The summed E-state index contributed by atoms with van der Waals surface area (Å²) in [6.45, 7) is 1.56. The number of anilines is 1. The summed E-state index contributed by atoms with van der Waals surface area (Å²) in [5.74, 6) is -0.739. The molecule has 0 saturated carbocycles. The molecule has 1 amide bonds. The van der Waals surface area contributed by atoms with Gasteiger partial charge in [0.1, 0.15) is 0 Å². The van der Waals surface area contributed by atoms with Gasteiger partial charge >= 0.3 is 0 Å². The number of para-hydroxylation sites is 1. The second kappa shape index (κ2) is 4.70. The fourth-order valence-electron chi connectivity index (χ4n) is 1.84. The maximum Gasteiger partial charge on any atom is 0.257 e. The van der Waals surface area contributed by atoms with Crippen LogP contribution in [0.25, 0.3) is 0 Å². The van der Waals surface area contributed by atoms with Crippen molar-refractivity contribution >= 4 is 21.4 Å². The molecule has 1 aromatic rings. The fraction of sp³-hybridized carbons (Fsp3) is 0.417. The zero-order chi connectivity index (χ0) is 13.2. The monoisotopic (exact) mass is 269 g/mol. The van der Waals surface area contributed by atoms with Gasteiger partial charge in [0, 0.05) is 5.69 Å². The molecule has 0 bridgehead atoms. The van der Waals surface area contributed by atoms with Crippen molar-refractivity contribution < 1.29 is 17.9 Å². The van der Waals surface area contributed by atoms with Crippen molar-refractivity contribution in [1.29, 1.82) is 0 Å². The molecule has 0 aliphatic carbocycles. The zero-order valence-electron chi connectivity index (χ0n) is 10.0. The lowest BCUT2D eigenvalue weighted by Crippen LogP contribution is -2.52. The van der Waals surface area contributed by atoms with Crippen LogP contribution in [-0.2, 0) is 19.4 Å². The summed E-state index contributed by atoms with van der Waals surface area (Å²) < 4.78 is 28.5. The van der Waals surface area contributed by atoms with Crippen molar-refractivity contribution in [3.8, 4) is 0 Å². The lowest BCUT2D eigenvalue weighted by atomic mass is 10.1. The van der Waals surface area contributed by atoms with Gasteiger partial charge in [-0.25, -0.2) is 8.42 Å². The van der Waals surface area contributed by atoms with E-state index in [1.165, 1.54) is 6.92 Å². The Labute approximate surface area is 106 Å². The van der Waals surface area contributed by atoms with E-state index in [1.54, 1.807) is 24.3 Å². The first-order valence-corrected chi connectivity index (χ1v) is 7.44. The van der Waals surface area contributed by atoms with Crippen LogP contribution < -0.4 is 5.32 Å². The lowest BCUT2D eigenvalue weighted by molar-refractivity contribution is -0.136. The van der Waals surface area contributed by atoms with Gasteiger partial charge in [0.05, 0.1) is 18.1 Å². The summed E-state index contributed by atoms with van der Waals surface area (Å²) in [7, 11) is -3.21. The number of ether oxygens (including phenoxy) is 1. The first kappa shape index (κ1) is 13.0. The Kier molecular flexibility index (Phi) is 3.41. The van der Waals surface area contributed by atoms with Crippen molar-refractivity contribution in [2.45, 2.75) is 12.5 Å². The second-order valence-corrected chi connectivity index (χ2v) is 6.68. The number of sulfone groups is 1. The highest BCUT2D eigenvalue weighted by Crippen LogP contribution is 2.21. The molecule has 1 N–H and O–H groups in total. The van der Waals surface area contributed by atoms with Gasteiger partial charge in [-0.15, -0.1) is 0 Å². The highest BCUT2D eigenvalue weighted by atomic mass is 32.2. The van der Waals surface area contributed by atoms with Gasteiger partial charge < -0.3 is 10.1 Å². The van der Waals surface area contributed by atoms with Crippen LogP contribution >= 0.6 is 0 Å². The van der Waals surface area contributed by atoms with Crippen LogP contribution in [0.15, 0.2) is 30.3 Å². The van der Waals surface area contributed by atoms with E-state index in [1.807, 2.05) is 6.07 Å². The highest BCUT2D eigenvalue weighted by molar-refractivity contribution is 7.91. The SMILES string of the molecule is CC1(C(=O)Nc2ccccc2)CS(=O)(=O)CCO1. The number of carbonyl (C=O) groups is 1. The van der Waals surface area contributed by atoms with Crippen LogP contribution in [-0.4, -0.2) is 38.0 Å². The third kappa shape index (κ3) is 2.88. The molecule has 1 unspecified atom stereocenters. The van der Waals surface area contributed by atoms with Crippen molar-refractivity contribution in [2.24, 2.45) is 0 Å². The van der Waals surface area contributed by atoms with Crippen LogP contribution in [0, 0.1) is 0 Å². The smallest absolute Gasteiger partial charge is 0.257 e. The molecule has 6 heteroatoms. The average molecular weight is 269 g/mol. The molecule has 98 valence electrons. The average Bonchev–Trinajstić information content (AvgIpc) is 2.28. The summed E-state index contributed by atoms with van der Waals surface area (Å²) in [6.07, 6.45) is 0. The van der Waals surface area contributed by atoms with Crippen LogP contribution in [0.1, 0.15) is 6.92 Å². The Bertz CT molecular complexity index is 540. The molecule has 0 aromatic heterocycles. The maximum atomic E-state index is 12.1. The van der Waals surface area contributed by atoms with E-state index in [-0.39, 0.29) is 18.1 Å². The van der Waals surface area contributed by atoms with Crippen molar-refractivity contribution in [3.63, 3.8) is 0 Å². The van der Waals surface area contributed by atoms with Crippen molar-refractivity contribution in [3.05, 3.63) is 30.3 Å². The van der Waals surface area contributed by atoms with Gasteiger partial charge in [0.25, 0.3) is 5.91 Å². The molecule has 1 aliphatic heterocycles. The molecule has 0 spiro atoms. The molecule has 0 radical (unpaired) electrons. The fourth-order valence-corrected chi connectivity index (χ4v) is 3.38. The van der Waals surface area contributed by atoms with Crippen LogP contribution in [0.3, 0.4) is 0 Å². The second-order valence-electron chi connectivity index (χ2n) is 4.49. The number of carbonyl (C=O) groups excluding carboxylic acids is 1. The van der Waals surface area contributed by atoms with E-state index < -0.39 is 21.3 Å². The van der Waals surface area contributed by atoms with Gasteiger partial charge in [0.15, 0.2) is 15.4 Å². The minimum atomic E-state index is -3.21. The van der Waals surface area contributed by atoms with Gasteiger partial charge in [-0.1, -0.05) is 18.2 Å². The van der Waals surface area contributed by atoms with E-state index in [2.05, 4.69) is 5.32 Å². The number of amides is 1. The number of hydrogen-bond donors (Lipinski definition) is 1. The first-order valence-electron chi connectivity index (χ1n) is 5.62. The van der Waals surface area contributed by atoms with Crippen LogP contribution in [0.2, 0.25) is 0 Å². The highest BCUT2D eigenvalue weighted by Gasteiger charge is 2.42. The summed E-state index contributed by atoms with van der Waals surface area (Å²) >= 11 is 0. The van der Waals surface area contributed by atoms with Crippen LogP contribution in [0.4, 0.5) is 5.69 Å². The normalized spacial score (nSPS) is 26.5. The Morgan fingerprint density at radius 2 is 2.00 bits per heavy atom. The number of benzene rings is 1. The summed E-state index contributed by atoms with van der Waals surface area (Å²) in [4.78, 5) is 12.1. The lowest BCUT2D eigenvalue weighted by Gasteiger charge is -2.31. The van der Waals surface area contributed by atoms with E-state index in [0.29, 0.717) is 5.69 Å². The number of rotatable bonds is 2. The van der Waals surface area contributed by atoms with Gasteiger partial charge in [-0.3, -0.25) is 4.79 Å². The predicted octanol–water partition coefficient (Wildman–Crippen LogP) is 0.829. The maximum absolute atomic E-state index is 12.1. The summed E-state index contributed by atoms with van der Waals surface area (Å²) in [5, 5.41) is 2.66. The molecule has 1 atom stereocenters. The molecule has 1 heterocycles. The summed E-state index contributed by atoms with van der Waals surface area (Å²) in [6, 6.07) is 8.88. The Hall–Kier alpha value is -1.40. The minimum absolute atomic E-state index is 0.0266. The van der Waals surface area contributed by atoms with Crippen molar-refractivity contribution in [2.75, 3.05) is 23.4 Å². The molecule has 1 saturated heterocycles. The molecule has 1 aromatic carbocycles. The first-order chi connectivity index (χ1) is 8.41. The Morgan fingerprint density at radius 1 is 1.33 bits per heavy atom. The molecule has 1 fully saturated rings. The van der Waals surface area contributed by atoms with Crippen LogP contribution in [0.5, 0.6) is 0 Å². The third-order valence-electron chi connectivity index (χ3n) is 2.82. The molecule has 2 rings (SSSR count). The Morgan fingerprint density at radius 3 is 2.61 bits per heavy atom. The predicted molar refractivity (Wildman–Crippen MR) is 68.1 cm³/mol. The summed E-state index contributed by atoms with van der Waals surface area (Å²) in [5.41, 5.74) is -0.692. The van der Waals surface area contributed by atoms with Crippen molar-refractivity contribution in [1.82, 2.24) is 0 Å². The molecule has 5 nitrogen and oxygen atoms in total.